The van der Waals surface area contributed by atoms with Crippen LogP contribution in [0.15, 0.2) is 48.5 Å². The molecule has 37 heavy (non-hydrogen) atoms. The Balaban J connectivity index is 1.72. The molecule has 0 atom stereocenters. The molecular formula is C27H32N2O8. The van der Waals surface area contributed by atoms with E-state index in [4.69, 9.17) is 14.2 Å². The van der Waals surface area contributed by atoms with E-state index in [1.807, 2.05) is 20.8 Å². The predicted octanol–water partition coefficient (Wildman–Crippen LogP) is 3.97. The molecule has 2 aromatic rings. The van der Waals surface area contributed by atoms with E-state index in [2.05, 4.69) is 10.6 Å². The second-order valence-electron chi connectivity index (χ2n) is 8.54. The molecule has 10 nitrogen and oxygen atoms in total. The van der Waals surface area contributed by atoms with Crippen molar-refractivity contribution in [2.75, 3.05) is 30.5 Å². The van der Waals surface area contributed by atoms with E-state index in [0.29, 0.717) is 35.5 Å². The van der Waals surface area contributed by atoms with Crippen molar-refractivity contribution < 1.29 is 38.2 Å². The molecule has 0 bridgehead atoms. The summed E-state index contributed by atoms with van der Waals surface area (Å²) in [6.45, 7) is 5.83. The molecule has 0 heterocycles. The van der Waals surface area contributed by atoms with Crippen molar-refractivity contribution in [3.63, 3.8) is 0 Å². The first-order valence-corrected chi connectivity index (χ1v) is 12.0. The fraction of sp³-hybridized carbons (Fsp3) is 0.370. The summed E-state index contributed by atoms with van der Waals surface area (Å²) < 4.78 is 15.1. The number of nitrogens with one attached hydrogen (secondary N) is 2. The lowest BCUT2D eigenvalue weighted by Crippen LogP contribution is -2.22. The molecular weight excluding hydrogens is 480 g/mol. The van der Waals surface area contributed by atoms with E-state index in [1.165, 1.54) is 30.3 Å². The third-order valence-electron chi connectivity index (χ3n) is 4.69. The van der Waals surface area contributed by atoms with Crippen LogP contribution in [0.3, 0.4) is 0 Å². The van der Waals surface area contributed by atoms with Gasteiger partial charge >= 0.3 is 17.9 Å². The fourth-order valence-corrected chi connectivity index (χ4v) is 2.87. The van der Waals surface area contributed by atoms with E-state index in [1.54, 1.807) is 18.2 Å². The molecule has 2 aromatic carbocycles. The first kappa shape index (κ1) is 29.0. The molecule has 0 aliphatic rings. The second-order valence-corrected chi connectivity index (χ2v) is 8.54. The molecule has 2 N–H and O–H groups in total. The molecule has 0 radical (unpaired) electrons. The standard InChI is InChI=1S/C27H32N2O8/c1-4-14-35-26(33)19-8-10-21(11-9-19)28-24(31)17-36-25(32)13-12-23(30)29-22-7-5-6-20(15-22)27(34)37-16-18(2)3/h5-11,15,18H,4,12-14,16-17H2,1-3H3,(H,28,31)(H,29,30). The summed E-state index contributed by atoms with van der Waals surface area (Å²) in [6, 6.07) is 12.4. The lowest BCUT2D eigenvalue weighted by Gasteiger charge is -2.09. The highest BCUT2D eigenvalue weighted by atomic mass is 16.5. The lowest BCUT2D eigenvalue weighted by atomic mass is 10.2. The molecule has 0 aliphatic carbocycles. The van der Waals surface area contributed by atoms with Crippen LogP contribution in [0, 0.1) is 5.92 Å². The number of amides is 2. The molecule has 198 valence electrons. The maximum Gasteiger partial charge on any atom is 0.338 e. The predicted molar refractivity (Wildman–Crippen MR) is 136 cm³/mol. The summed E-state index contributed by atoms with van der Waals surface area (Å²) in [6.07, 6.45) is 0.315. The van der Waals surface area contributed by atoms with Crippen LogP contribution in [0.5, 0.6) is 0 Å². The number of esters is 3. The van der Waals surface area contributed by atoms with E-state index < -0.39 is 36.3 Å². The third-order valence-corrected chi connectivity index (χ3v) is 4.69. The highest BCUT2D eigenvalue weighted by molar-refractivity contribution is 5.96. The van der Waals surface area contributed by atoms with Crippen molar-refractivity contribution in [2.24, 2.45) is 5.92 Å². The van der Waals surface area contributed by atoms with Gasteiger partial charge in [0.15, 0.2) is 6.61 Å². The van der Waals surface area contributed by atoms with Crippen molar-refractivity contribution in [3.05, 3.63) is 59.7 Å². The van der Waals surface area contributed by atoms with Gasteiger partial charge in [0.1, 0.15) is 0 Å². The molecule has 2 rings (SSSR count). The maximum atomic E-state index is 12.2. The van der Waals surface area contributed by atoms with Gasteiger partial charge in [0.2, 0.25) is 5.91 Å². The van der Waals surface area contributed by atoms with Crippen LogP contribution in [0.1, 0.15) is 60.7 Å². The van der Waals surface area contributed by atoms with Gasteiger partial charge in [-0.3, -0.25) is 14.4 Å². The molecule has 0 aliphatic heterocycles. The van der Waals surface area contributed by atoms with Crippen molar-refractivity contribution >= 4 is 41.1 Å². The highest BCUT2D eigenvalue weighted by Crippen LogP contribution is 2.14. The van der Waals surface area contributed by atoms with Gasteiger partial charge in [0, 0.05) is 17.8 Å². The highest BCUT2D eigenvalue weighted by Gasteiger charge is 2.13. The third kappa shape index (κ3) is 10.9. The molecule has 0 fully saturated rings. The Morgan fingerprint density at radius 1 is 0.757 bits per heavy atom. The van der Waals surface area contributed by atoms with Gasteiger partial charge in [-0.05, 0) is 54.8 Å². The zero-order chi connectivity index (χ0) is 27.2. The Morgan fingerprint density at radius 3 is 2.11 bits per heavy atom. The summed E-state index contributed by atoms with van der Waals surface area (Å²) in [4.78, 5) is 60.0. The molecule has 0 saturated carbocycles. The average Bonchev–Trinajstić information content (AvgIpc) is 2.88. The number of benzene rings is 2. The summed E-state index contributed by atoms with van der Waals surface area (Å²) in [5.41, 5.74) is 1.47. The smallest absolute Gasteiger partial charge is 0.338 e. The number of carbonyl (C=O) groups excluding carboxylic acids is 5. The minimum atomic E-state index is -0.717. The zero-order valence-corrected chi connectivity index (χ0v) is 21.2. The van der Waals surface area contributed by atoms with E-state index in [9.17, 15) is 24.0 Å². The average molecular weight is 513 g/mol. The van der Waals surface area contributed by atoms with E-state index >= 15 is 0 Å². The van der Waals surface area contributed by atoms with Gasteiger partial charge in [-0.1, -0.05) is 26.8 Å². The normalized spacial score (nSPS) is 10.4. The monoisotopic (exact) mass is 512 g/mol. The van der Waals surface area contributed by atoms with Crippen molar-refractivity contribution in [3.8, 4) is 0 Å². The van der Waals surface area contributed by atoms with Crippen LogP contribution in [-0.2, 0) is 28.6 Å². The van der Waals surface area contributed by atoms with Crippen molar-refractivity contribution in [2.45, 2.75) is 40.0 Å². The van der Waals surface area contributed by atoms with Gasteiger partial charge in [-0.25, -0.2) is 9.59 Å². The number of anilines is 2. The Kier molecular flexibility index (Phi) is 11.8. The van der Waals surface area contributed by atoms with Crippen LogP contribution in [0.2, 0.25) is 0 Å². The minimum absolute atomic E-state index is 0.169. The number of rotatable bonds is 13. The Bertz CT molecular complexity index is 1100. The molecule has 10 heteroatoms. The largest absolute Gasteiger partial charge is 0.462 e. The summed E-state index contributed by atoms with van der Waals surface area (Å²) in [5, 5.41) is 5.16. The number of hydrogen-bond acceptors (Lipinski definition) is 8. The lowest BCUT2D eigenvalue weighted by molar-refractivity contribution is -0.147. The maximum absolute atomic E-state index is 12.2. The van der Waals surface area contributed by atoms with Crippen LogP contribution < -0.4 is 10.6 Å². The topological polar surface area (TPSA) is 137 Å². The van der Waals surface area contributed by atoms with Gasteiger partial charge in [0.05, 0.1) is 30.8 Å². The molecule has 0 unspecified atom stereocenters. The van der Waals surface area contributed by atoms with Crippen LogP contribution >= 0.6 is 0 Å². The number of carbonyl (C=O) groups is 5. The van der Waals surface area contributed by atoms with Gasteiger partial charge < -0.3 is 24.8 Å². The quantitative estimate of drug-likeness (QED) is 0.304. The zero-order valence-electron chi connectivity index (χ0n) is 21.2. The molecule has 2 amide bonds. The fourth-order valence-electron chi connectivity index (χ4n) is 2.87. The van der Waals surface area contributed by atoms with Crippen molar-refractivity contribution in [1.82, 2.24) is 0 Å². The minimum Gasteiger partial charge on any atom is -0.462 e. The van der Waals surface area contributed by atoms with E-state index in [0.717, 1.165) is 0 Å². The number of hydrogen-bond donors (Lipinski definition) is 2. The second kappa shape index (κ2) is 15.0. The van der Waals surface area contributed by atoms with Crippen LogP contribution in [0.4, 0.5) is 11.4 Å². The first-order chi connectivity index (χ1) is 17.7. The number of ether oxygens (including phenoxy) is 3. The Labute approximate surface area is 215 Å². The van der Waals surface area contributed by atoms with Gasteiger partial charge in [-0.15, -0.1) is 0 Å². The Hall–Kier alpha value is -4.21. The molecule has 0 saturated heterocycles. The molecule has 0 aromatic heterocycles. The molecule has 0 spiro atoms. The SMILES string of the molecule is CCCOC(=O)c1ccc(NC(=O)COC(=O)CCC(=O)Nc2cccc(C(=O)OCC(C)C)c2)cc1. The summed E-state index contributed by atoms with van der Waals surface area (Å²) in [7, 11) is 0. The van der Waals surface area contributed by atoms with Gasteiger partial charge in [-0.2, -0.15) is 0 Å². The van der Waals surface area contributed by atoms with Crippen LogP contribution in [-0.4, -0.2) is 49.5 Å². The first-order valence-electron chi connectivity index (χ1n) is 12.0. The van der Waals surface area contributed by atoms with E-state index in [-0.39, 0.29) is 25.4 Å². The van der Waals surface area contributed by atoms with Crippen molar-refractivity contribution in [1.29, 1.82) is 0 Å². The van der Waals surface area contributed by atoms with Gasteiger partial charge in [0.25, 0.3) is 5.91 Å². The summed E-state index contributed by atoms with van der Waals surface area (Å²) >= 11 is 0. The van der Waals surface area contributed by atoms with Crippen LogP contribution in [0.25, 0.3) is 0 Å². The summed E-state index contributed by atoms with van der Waals surface area (Å²) in [5.74, 6) is -2.48. The Morgan fingerprint density at radius 2 is 1.43 bits per heavy atom.